The molecule has 1 unspecified atom stereocenters. The lowest BCUT2D eigenvalue weighted by Gasteiger charge is -2.21. The second-order valence-electron chi connectivity index (χ2n) is 6.64. The zero-order valence-electron chi connectivity index (χ0n) is 14.3. The van der Waals surface area contributed by atoms with Gasteiger partial charge in [-0.2, -0.15) is 0 Å². The van der Waals surface area contributed by atoms with Crippen molar-refractivity contribution in [3.63, 3.8) is 0 Å². The van der Waals surface area contributed by atoms with E-state index in [1.807, 2.05) is 11.9 Å². The van der Waals surface area contributed by atoms with E-state index < -0.39 is 0 Å². The van der Waals surface area contributed by atoms with Crippen molar-refractivity contribution < 1.29 is 4.79 Å². The molecule has 0 bridgehead atoms. The normalized spacial score (nSPS) is 23.7. The fourth-order valence-electron chi connectivity index (χ4n) is 3.27. The summed E-state index contributed by atoms with van der Waals surface area (Å²) in [5.74, 6) is 0.654. The number of hydrogen-bond donors (Lipinski definition) is 1. The molecule has 1 aliphatic heterocycles. The third-order valence-electron chi connectivity index (χ3n) is 4.69. The summed E-state index contributed by atoms with van der Waals surface area (Å²) in [5.41, 5.74) is 0.620. The van der Waals surface area contributed by atoms with Crippen molar-refractivity contribution >= 4 is 51.7 Å². The molecule has 1 N–H and O–H groups in total. The molecule has 2 aliphatic rings. The Bertz CT molecular complexity index is 639. The first-order chi connectivity index (χ1) is 12.0. The summed E-state index contributed by atoms with van der Waals surface area (Å²) in [7, 11) is 1.95. The van der Waals surface area contributed by atoms with Gasteiger partial charge in [0.1, 0.15) is 6.04 Å². The quantitative estimate of drug-likeness (QED) is 0.722. The molecule has 1 saturated heterocycles. The molecule has 3 rings (SSSR count). The van der Waals surface area contributed by atoms with Gasteiger partial charge in [-0.05, 0) is 31.0 Å². The first-order valence-corrected chi connectivity index (χ1v) is 10.5. The van der Waals surface area contributed by atoms with Crippen molar-refractivity contribution in [1.82, 2.24) is 4.90 Å². The van der Waals surface area contributed by atoms with E-state index >= 15 is 0 Å². The molecule has 1 atom stereocenters. The number of carbonyl (C=O) groups is 1. The molecule has 4 nitrogen and oxygen atoms in total. The molecule has 7 heteroatoms. The third-order valence-corrected chi connectivity index (χ3v) is 6.26. The molecule has 0 radical (unpaired) electrons. The predicted octanol–water partition coefficient (Wildman–Crippen LogP) is 5.06. The van der Waals surface area contributed by atoms with Crippen molar-refractivity contribution in [1.29, 1.82) is 0 Å². The second-order valence-corrected chi connectivity index (χ2v) is 8.50. The molecular weight excluding hydrogens is 377 g/mol. The van der Waals surface area contributed by atoms with E-state index in [2.05, 4.69) is 5.32 Å². The van der Waals surface area contributed by atoms with E-state index in [-0.39, 0.29) is 11.9 Å². The van der Waals surface area contributed by atoms with Gasteiger partial charge in [0, 0.05) is 28.5 Å². The van der Waals surface area contributed by atoms with Crippen LogP contribution in [0.15, 0.2) is 23.2 Å². The molecule has 1 amide bonds. The van der Waals surface area contributed by atoms with Gasteiger partial charge in [0.2, 0.25) is 5.91 Å². The largest absolute Gasteiger partial charge is 0.342 e. The number of aliphatic imine (C=N–C) groups is 1. The first-order valence-electron chi connectivity index (χ1n) is 8.73. The van der Waals surface area contributed by atoms with Crippen LogP contribution < -0.4 is 5.32 Å². The molecule has 1 saturated carbocycles. The van der Waals surface area contributed by atoms with E-state index in [0.717, 1.165) is 18.0 Å². The lowest BCUT2D eigenvalue weighted by molar-refractivity contribution is -0.118. The molecule has 2 fully saturated rings. The smallest absolute Gasteiger partial charge is 0.248 e. The van der Waals surface area contributed by atoms with Gasteiger partial charge < -0.3 is 10.2 Å². The van der Waals surface area contributed by atoms with Gasteiger partial charge in [-0.25, -0.2) is 0 Å². The lowest BCUT2D eigenvalue weighted by atomic mass is 10.1. The van der Waals surface area contributed by atoms with Gasteiger partial charge in [0.05, 0.1) is 6.04 Å². The van der Waals surface area contributed by atoms with Crippen molar-refractivity contribution in [3.05, 3.63) is 28.2 Å². The fraction of sp³-hybridized carbons (Fsp3) is 0.556. The monoisotopic (exact) mass is 399 g/mol. The SMILES string of the molecule is CN1C(=NC2CCCCCC2)SCC1C(=O)Nc1cc(Cl)cc(Cl)c1. The van der Waals surface area contributed by atoms with E-state index in [1.54, 1.807) is 30.0 Å². The summed E-state index contributed by atoms with van der Waals surface area (Å²) in [6.07, 6.45) is 7.48. The van der Waals surface area contributed by atoms with Crippen LogP contribution in [0.5, 0.6) is 0 Å². The maximum Gasteiger partial charge on any atom is 0.248 e. The summed E-state index contributed by atoms with van der Waals surface area (Å²) >= 11 is 13.7. The number of benzene rings is 1. The number of likely N-dealkylation sites (N-methyl/N-ethyl adjacent to an activating group) is 1. The summed E-state index contributed by atoms with van der Waals surface area (Å²) < 4.78 is 0. The Morgan fingerprint density at radius 1 is 1.16 bits per heavy atom. The van der Waals surface area contributed by atoms with Crippen molar-refractivity contribution in [2.75, 3.05) is 18.1 Å². The summed E-state index contributed by atoms with van der Waals surface area (Å²) in [6.45, 7) is 0. The van der Waals surface area contributed by atoms with E-state index in [9.17, 15) is 4.79 Å². The molecule has 0 aromatic heterocycles. The van der Waals surface area contributed by atoms with Crippen LogP contribution in [0, 0.1) is 0 Å². The number of hydrogen-bond acceptors (Lipinski definition) is 3. The van der Waals surface area contributed by atoms with Crippen LogP contribution in [0.1, 0.15) is 38.5 Å². The Morgan fingerprint density at radius 2 is 1.80 bits per heavy atom. The molecule has 25 heavy (non-hydrogen) atoms. The molecule has 1 heterocycles. The number of anilines is 1. The fourth-order valence-corrected chi connectivity index (χ4v) is 5.04. The van der Waals surface area contributed by atoms with Gasteiger partial charge in [-0.3, -0.25) is 9.79 Å². The van der Waals surface area contributed by atoms with Gasteiger partial charge in [0.25, 0.3) is 0 Å². The summed E-state index contributed by atoms with van der Waals surface area (Å²) in [6, 6.07) is 5.23. The Labute approximate surface area is 163 Å². The number of nitrogens with one attached hydrogen (secondary N) is 1. The zero-order valence-corrected chi connectivity index (χ0v) is 16.6. The summed E-state index contributed by atoms with van der Waals surface area (Å²) in [4.78, 5) is 19.6. The molecule has 1 aromatic carbocycles. The maximum atomic E-state index is 12.6. The van der Waals surface area contributed by atoms with Crippen LogP contribution in [0.3, 0.4) is 0 Å². The van der Waals surface area contributed by atoms with Crippen LogP contribution in [0.25, 0.3) is 0 Å². The van der Waals surface area contributed by atoms with E-state index in [0.29, 0.717) is 27.5 Å². The minimum Gasteiger partial charge on any atom is -0.342 e. The highest BCUT2D eigenvalue weighted by Crippen LogP contribution is 2.28. The topological polar surface area (TPSA) is 44.7 Å². The number of halogens is 2. The Hall–Kier alpha value is -0.910. The highest BCUT2D eigenvalue weighted by molar-refractivity contribution is 8.14. The molecule has 136 valence electrons. The predicted molar refractivity (Wildman–Crippen MR) is 108 cm³/mol. The second kappa shape index (κ2) is 8.65. The molecular formula is C18H23Cl2N3OS. The standard InChI is InChI=1S/C18H23Cl2N3OS/c1-23-16(17(24)21-15-9-12(19)8-13(20)10-15)11-25-18(23)22-14-6-4-2-3-5-7-14/h8-10,14,16H,2-7,11H2,1H3,(H,21,24). The average molecular weight is 400 g/mol. The number of amides is 1. The zero-order chi connectivity index (χ0) is 17.8. The minimum absolute atomic E-state index is 0.0561. The van der Waals surface area contributed by atoms with E-state index in [4.69, 9.17) is 28.2 Å². The Morgan fingerprint density at radius 3 is 2.44 bits per heavy atom. The van der Waals surface area contributed by atoms with Gasteiger partial charge in [-0.1, -0.05) is 60.6 Å². The van der Waals surface area contributed by atoms with E-state index in [1.165, 1.54) is 25.7 Å². The molecule has 1 aromatic rings. The Kier molecular flexibility index (Phi) is 6.53. The molecule has 0 spiro atoms. The highest BCUT2D eigenvalue weighted by atomic mass is 35.5. The van der Waals surface area contributed by atoms with Crippen LogP contribution in [-0.4, -0.2) is 40.9 Å². The Balaban J connectivity index is 1.64. The molecule has 1 aliphatic carbocycles. The van der Waals surface area contributed by atoms with Gasteiger partial charge in [-0.15, -0.1) is 0 Å². The van der Waals surface area contributed by atoms with Crippen LogP contribution >= 0.6 is 35.0 Å². The number of thioether (sulfide) groups is 1. The lowest BCUT2D eigenvalue weighted by Crippen LogP contribution is -2.40. The van der Waals surface area contributed by atoms with Crippen LogP contribution in [0.2, 0.25) is 10.0 Å². The first kappa shape index (κ1) is 18.9. The number of carbonyl (C=O) groups excluding carboxylic acids is 1. The number of nitrogens with zero attached hydrogens (tertiary/aromatic N) is 2. The number of rotatable bonds is 3. The number of amidine groups is 1. The van der Waals surface area contributed by atoms with Crippen molar-refractivity contribution in [2.24, 2.45) is 4.99 Å². The highest BCUT2D eigenvalue weighted by Gasteiger charge is 2.33. The minimum atomic E-state index is -0.229. The maximum absolute atomic E-state index is 12.6. The van der Waals surface area contributed by atoms with Gasteiger partial charge >= 0.3 is 0 Å². The average Bonchev–Trinajstić information content (AvgIpc) is 2.74. The van der Waals surface area contributed by atoms with Crippen molar-refractivity contribution in [2.45, 2.75) is 50.6 Å². The van der Waals surface area contributed by atoms with Gasteiger partial charge in [0.15, 0.2) is 5.17 Å². The van der Waals surface area contributed by atoms with Crippen molar-refractivity contribution in [3.8, 4) is 0 Å². The van der Waals surface area contributed by atoms with Crippen LogP contribution in [-0.2, 0) is 4.79 Å². The third kappa shape index (κ3) is 5.05. The summed E-state index contributed by atoms with van der Waals surface area (Å²) in [5, 5.41) is 4.91. The van der Waals surface area contributed by atoms with Crippen LogP contribution in [0.4, 0.5) is 5.69 Å².